The minimum absolute atomic E-state index is 0.304. The molecule has 19 heavy (non-hydrogen) atoms. The third-order valence-corrected chi connectivity index (χ3v) is 2.52. The first-order valence-electron chi connectivity index (χ1n) is 5.80. The number of hydrogen-bond donors (Lipinski definition) is 3. The Balaban J connectivity index is 2.52. The summed E-state index contributed by atoms with van der Waals surface area (Å²) in [7, 11) is 0. The maximum absolute atomic E-state index is 11.5. The fraction of sp³-hybridized carbons (Fsp3) is 0.385. The van der Waals surface area contributed by atoms with E-state index in [-0.39, 0.29) is 6.61 Å². The van der Waals surface area contributed by atoms with Crippen LogP contribution in [-0.2, 0) is 9.59 Å². The third kappa shape index (κ3) is 4.59. The largest absolute Gasteiger partial charge is 0.484 e. The van der Waals surface area contributed by atoms with E-state index in [0.717, 1.165) is 5.56 Å². The molecule has 0 bridgehead atoms. The zero-order chi connectivity index (χ0) is 14.4. The van der Waals surface area contributed by atoms with Crippen LogP contribution in [0, 0.1) is 6.92 Å². The topological polar surface area (TPSA) is 95.9 Å². The summed E-state index contributed by atoms with van der Waals surface area (Å²) in [6, 6.07) is 5.83. The fourth-order valence-electron chi connectivity index (χ4n) is 1.47. The molecule has 0 fully saturated rings. The molecular weight excluding hydrogens is 250 g/mol. The standard InChI is InChI=1S/C13H17NO5/c1-8-5-3-4-6-10(8)19-7-11(16)14-12(9(2)15)13(17)18/h3-6,9,12,15H,7H2,1-2H3,(H,14,16)(H,17,18)/t9-,12+/m1/s1. The number of hydrogen-bond acceptors (Lipinski definition) is 4. The van der Waals surface area contributed by atoms with Gasteiger partial charge in [-0.05, 0) is 25.5 Å². The summed E-state index contributed by atoms with van der Waals surface area (Å²) < 4.78 is 5.27. The van der Waals surface area contributed by atoms with E-state index in [9.17, 15) is 14.7 Å². The number of carboxylic acids is 1. The van der Waals surface area contributed by atoms with Crippen LogP contribution >= 0.6 is 0 Å². The lowest BCUT2D eigenvalue weighted by Gasteiger charge is -2.17. The molecule has 1 aromatic carbocycles. The summed E-state index contributed by atoms with van der Waals surface area (Å²) in [4.78, 5) is 22.3. The number of ether oxygens (including phenoxy) is 1. The SMILES string of the molecule is Cc1ccccc1OCC(=O)N[C@H](C(=O)O)[C@@H](C)O. The van der Waals surface area contributed by atoms with Crippen molar-refractivity contribution in [3.05, 3.63) is 29.8 Å². The van der Waals surface area contributed by atoms with Gasteiger partial charge in [-0.25, -0.2) is 4.79 Å². The zero-order valence-electron chi connectivity index (χ0n) is 10.8. The molecule has 0 aromatic heterocycles. The fourth-order valence-corrected chi connectivity index (χ4v) is 1.47. The van der Waals surface area contributed by atoms with Crippen LogP contribution in [0.25, 0.3) is 0 Å². The van der Waals surface area contributed by atoms with Gasteiger partial charge >= 0.3 is 5.97 Å². The summed E-state index contributed by atoms with van der Waals surface area (Å²) in [6.07, 6.45) is -1.18. The van der Waals surface area contributed by atoms with Crippen molar-refractivity contribution in [2.75, 3.05) is 6.61 Å². The van der Waals surface area contributed by atoms with E-state index in [1.54, 1.807) is 12.1 Å². The lowest BCUT2D eigenvalue weighted by atomic mass is 10.2. The first kappa shape index (κ1) is 15.0. The quantitative estimate of drug-likeness (QED) is 0.690. The van der Waals surface area contributed by atoms with Crippen molar-refractivity contribution in [1.82, 2.24) is 5.32 Å². The normalized spacial score (nSPS) is 13.4. The lowest BCUT2D eigenvalue weighted by Crippen LogP contribution is -2.49. The molecule has 6 heteroatoms. The molecule has 0 aliphatic rings. The maximum Gasteiger partial charge on any atom is 0.328 e. The van der Waals surface area contributed by atoms with Crippen LogP contribution in [0.4, 0.5) is 0 Å². The number of aliphatic hydroxyl groups is 1. The molecule has 3 N–H and O–H groups in total. The molecule has 1 amide bonds. The van der Waals surface area contributed by atoms with E-state index in [1.165, 1.54) is 6.92 Å². The Morgan fingerprint density at radius 1 is 1.37 bits per heavy atom. The highest BCUT2D eigenvalue weighted by Crippen LogP contribution is 2.15. The number of carbonyl (C=O) groups is 2. The van der Waals surface area contributed by atoms with Crippen molar-refractivity contribution in [1.29, 1.82) is 0 Å². The summed E-state index contributed by atoms with van der Waals surface area (Å²) in [5, 5.41) is 20.2. The van der Waals surface area contributed by atoms with Gasteiger partial charge in [0.1, 0.15) is 5.75 Å². The Labute approximate surface area is 111 Å². The molecule has 0 radical (unpaired) electrons. The monoisotopic (exact) mass is 267 g/mol. The first-order valence-corrected chi connectivity index (χ1v) is 5.80. The maximum atomic E-state index is 11.5. The third-order valence-electron chi connectivity index (χ3n) is 2.52. The number of aryl methyl sites for hydroxylation is 1. The van der Waals surface area contributed by atoms with Gasteiger partial charge in [0, 0.05) is 0 Å². The second-order valence-electron chi connectivity index (χ2n) is 4.18. The molecule has 0 aliphatic heterocycles. The van der Waals surface area contributed by atoms with Crippen LogP contribution in [0.1, 0.15) is 12.5 Å². The van der Waals surface area contributed by atoms with Crippen LogP contribution in [0.3, 0.4) is 0 Å². The van der Waals surface area contributed by atoms with Crippen molar-refractivity contribution in [2.45, 2.75) is 26.0 Å². The molecule has 0 saturated heterocycles. The van der Waals surface area contributed by atoms with Gasteiger partial charge in [0.2, 0.25) is 0 Å². The minimum atomic E-state index is -1.34. The Hall–Kier alpha value is -2.08. The number of carbonyl (C=O) groups excluding carboxylic acids is 1. The predicted octanol–water partition coefficient (Wildman–Crippen LogP) is 0.324. The van der Waals surface area contributed by atoms with Gasteiger partial charge in [-0.2, -0.15) is 0 Å². The van der Waals surface area contributed by atoms with Crippen LogP contribution in [0.15, 0.2) is 24.3 Å². The van der Waals surface area contributed by atoms with Crippen molar-refractivity contribution in [2.24, 2.45) is 0 Å². The Kier molecular flexibility index (Phi) is 5.32. The van der Waals surface area contributed by atoms with Gasteiger partial charge in [-0.15, -0.1) is 0 Å². The summed E-state index contributed by atoms with van der Waals surface area (Å²) in [6.45, 7) is 2.83. The van der Waals surface area contributed by atoms with Crippen LogP contribution in [-0.4, -0.2) is 40.8 Å². The number of nitrogens with one attached hydrogen (secondary N) is 1. The average Bonchev–Trinajstić information content (AvgIpc) is 2.34. The number of aliphatic hydroxyl groups excluding tert-OH is 1. The smallest absolute Gasteiger partial charge is 0.328 e. The predicted molar refractivity (Wildman–Crippen MR) is 67.9 cm³/mol. The van der Waals surface area contributed by atoms with Gasteiger partial charge in [0.25, 0.3) is 5.91 Å². The van der Waals surface area contributed by atoms with E-state index in [2.05, 4.69) is 5.32 Å². The second kappa shape index (κ2) is 6.75. The number of aliphatic carboxylic acids is 1. The average molecular weight is 267 g/mol. The number of carboxylic acid groups (broad SMARTS) is 1. The molecule has 0 spiro atoms. The van der Waals surface area contributed by atoms with Crippen LogP contribution in [0.5, 0.6) is 5.75 Å². The molecule has 104 valence electrons. The summed E-state index contributed by atoms with van der Waals surface area (Å²) in [5.74, 6) is -1.34. The van der Waals surface area contributed by atoms with Gasteiger partial charge < -0.3 is 20.3 Å². The zero-order valence-corrected chi connectivity index (χ0v) is 10.8. The Morgan fingerprint density at radius 3 is 2.53 bits per heavy atom. The van der Waals surface area contributed by atoms with E-state index in [1.807, 2.05) is 19.1 Å². The molecule has 2 atom stereocenters. The molecule has 1 aromatic rings. The second-order valence-corrected chi connectivity index (χ2v) is 4.18. The van der Waals surface area contributed by atoms with E-state index in [0.29, 0.717) is 5.75 Å². The molecule has 1 rings (SSSR count). The highest BCUT2D eigenvalue weighted by Gasteiger charge is 2.24. The number of para-hydroxylation sites is 1. The Morgan fingerprint density at radius 2 is 2.00 bits per heavy atom. The molecule has 0 unspecified atom stereocenters. The van der Waals surface area contributed by atoms with E-state index < -0.39 is 24.0 Å². The van der Waals surface area contributed by atoms with Crippen molar-refractivity contribution < 1.29 is 24.5 Å². The van der Waals surface area contributed by atoms with Crippen molar-refractivity contribution in [3.63, 3.8) is 0 Å². The van der Waals surface area contributed by atoms with Gasteiger partial charge in [-0.1, -0.05) is 18.2 Å². The lowest BCUT2D eigenvalue weighted by molar-refractivity contribution is -0.145. The van der Waals surface area contributed by atoms with Crippen molar-refractivity contribution >= 4 is 11.9 Å². The number of benzene rings is 1. The van der Waals surface area contributed by atoms with Crippen LogP contribution in [0.2, 0.25) is 0 Å². The van der Waals surface area contributed by atoms with Gasteiger partial charge in [0.05, 0.1) is 6.10 Å². The number of rotatable bonds is 6. The molecule has 0 heterocycles. The van der Waals surface area contributed by atoms with Crippen molar-refractivity contribution in [3.8, 4) is 5.75 Å². The first-order chi connectivity index (χ1) is 8.91. The van der Waals surface area contributed by atoms with Crippen LogP contribution < -0.4 is 10.1 Å². The molecular formula is C13H17NO5. The molecule has 0 aliphatic carbocycles. The van der Waals surface area contributed by atoms with Gasteiger partial charge in [0.15, 0.2) is 12.6 Å². The van der Waals surface area contributed by atoms with E-state index in [4.69, 9.17) is 9.84 Å². The van der Waals surface area contributed by atoms with Gasteiger partial charge in [-0.3, -0.25) is 4.79 Å². The highest BCUT2D eigenvalue weighted by atomic mass is 16.5. The summed E-state index contributed by atoms with van der Waals surface area (Å²) >= 11 is 0. The Bertz CT molecular complexity index is 458. The van der Waals surface area contributed by atoms with E-state index >= 15 is 0 Å². The summed E-state index contributed by atoms with van der Waals surface area (Å²) in [5.41, 5.74) is 0.876. The minimum Gasteiger partial charge on any atom is -0.484 e. The number of amides is 1. The highest BCUT2D eigenvalue weighted by molar-refractivity contribution is 5.84. The molecule has 0 saturated carbocycles. The molecule has 6 nitrogen and oxygen atoms in total.